The van der Waals surface area contributed by atoms with Crippen molar-refractivity contribution in [1.82, 2.24) is 15.2 Å². The number of rotatable bonds is 11. The lowest BCUT2D eigenvalue weighted by Crippen LogP contribution is -2.18. The second kappa shape index (κ2) is 13.8. The molecule has 1 heterocycles. The zero-order valence-electron chi connectivity index (χ0n) is 23.9. The Hall–Kier alpha value is -5.95. The van der Waals surface area contributed by atoms with E-state index in [0.717, 1.165) is 27.9 Å². The van der Waals surface area contributed by atoms with Gasteiger partial charge in [-0.05, 0) is 47.0 Å². The van der Waals surface area contributed by atoms with Gasteiger partial charge in [0.2, 0.25) is 0 Å². The lowest BCUT2D eigenvalue weighted by molar-refractivity contribution is 0.0955. The molecule has 44 heavy (non-hydrogen) atoms. The highest BCUT2D eigenvalue weighted by molar-refractivity contribution is 6.00. The summed E-state index contributed by atoms with van der Waals surface area (Å²) < 4.78 is 14.0. The minimum Gasteiger partial charge on any atom is -0.485 e. The Morgan fingerprint density at radius 2 is 1.27 bits per heavy atom. The van der Waals surface area contributed by atoms with E-state index in [0.29, 0.717) is 36.0 Å². The highest BCUT2D eigenvalue weighted by atomic mass is 16.5. The Morgan fingerprint density at radius 3 is 1.91 bits per heavy atom. The Kier molecular flexibility index (Phi) is 8.84. The summed E-state index contributed by atoms with van der Waals surface area (Å²) >= 11 is 0. The molecule has 0 bridgehead atoms. The van der Waals surface area contributed by atoms with Gasteiger partial charge >= 0.3 is 0 Å². The summed E-state index contributed by atoms with van der Waals surface area (Å²) in [7, 11) is 0. The van der Waals surface area contributed by atoms with Gasteiger partial charge in [-0.1, -0.05) is 109 Å². The van der Waals surface area contributed by atoms with Crippen LogP contribution < -0.4 is 14.9 Å². The largest absolute Gasteiger partial charge is 0.485 e. The minimum atomic E-state index is -0.370. The average molecular weight is 579 g/mol. The molecule has 0 radical (unpaired) electrons. The standard InChI is InChI=1S/C37H30N4O3/c42-37(33-25-41(32-19-11-4-12-20-32)40-36(33)31-17-9-3-10-18-31)39-38-24-30-21-22-34(43-26-28-13-5-1-6-14-28)35(23-30)44-27-29-15-7-2-8-16-29/h1-25H,26-27H2,(H,39,42)/b38-24+. The van der Waals surface area contributed by atoms with Gasteiger partial charge in [0.15, 0.2) is 11.5 Å². The Bertz CT molecular complexity index is 1840. The summed E-state index contributed by atoms with van der Waals surface area (Å²) in [4.78, 5) is 13.4. The normalized spacial score (nSPS) is 10.9. The van der Waals surface area contributed by atoms with Gasteiger partial charge in [-0.3, -0.25) is 4.79 Å². The number of nitrogens with one attached hydrogen (secondary N) is 1. The number of benzene rings is 5. The fraction of sp³-hybridized carbons (Fsp3) is 0.0541. The molecule has 1 N–H and O–H groups in total. The smallest absolute Gasteiger partial charge is 0.275 e. The maximum atomic E-state index is 13.4. The summed E-state index contributed by atoms with van der Waals surface area (Å²) in [5, 5.41) is 8.98. The molecule has 0 fully saturated rings. The first kappa shape index (κ1) is 28.2. The van der Waals surface area contributed by atoms with E-state index in [2.05, 4.69) is 10.5 Å². The topological polar surface area (TPSA) is 77.7 Å². The fourth-order valence-corrected chi connectivity index (χ4v) is 4.60. The molecule has 0 saturated heterocycles. The van der Waals surface area contributed by atoms with Gasteiger partial charge < -0.3 is 9.47 Å². The van der Waals surface area contributed by atoms with E-state index in [1.807, 2.05) is 140 Å². The summed E-state index contributed by atoms with van der Waals surface area (Å²) in [6.45, 7) is 0.792. The zero-order chi connectivity index (χ0) is 30.0. The molecule has 216 valence electrons. The highest BCUT2D eigenvalue weighted by Crippen LogP contribution is 2.30. The molecule has 0 spiro atoms. The first-order valence-electron chi connectivity index (χ1n) is 14.2. The van der Waals surface area contributed by atoms with Crippen LogP contribution in [0.2, 0.25) is 0 Å². The zero-order valence-corrected chi connectivity index (χ0v) is 23.9. The molecule has 0 unspecified atom stereocenters. The van der Waals surface area contributed by atoms with Crippen LogP contribution in [-0.2, 0) is 13.2 Å². The maximum absolute atomic E-state index is 13.4. The van der Waals surface area contributed by atoms with E-state index < -0.39 is 0 Å². The summed E-state index contributed by atoms with van der Waals surface area (Å²) in [5.41, 5.74) is 8.17. The van der Waals surface area contributed by atoms with Crippen LogP contribution in [0.1, 0.15) is 27.0 Å². The number of para-hydroxylation sites is 1. The number of hydrazone groups is 1. The van der Waals surface area contributed by atoms with Gasteiger partial charge in [0.05, 0.1) is 17.5 Å². The lowest BCUT2D eigenvalue weighted by atomic mass is 10.1. The quantitative estimate of drug-likeness (QED) is 0.128. The number of ether oxygens (including phenoxy) is 2. The van der Waals surface area contributed by atoms with Crippen molar-refractivity contribution in [3.63, 3.8) is 0 Å². The Balaban J connectivity index is 1.21. The van der Waals surface area contributed by atoms with Crippen molar-refractivity contribution >= 4 is 12.1 Å². The molecule has 5 aromatic carbocycles. The molecular formula is C37H30N4O3. The predicted octanol–water partition coefficient (Wildman–Crippen LogP) is 7.46. The number of nitrogens with zero attached hydrogens (tertiary/aromatic N) is 3. The molecule has 0 atom stereocenters. The monoisotopic (exact) mass is 578 g/mol. The second-order valence-electron chi connectivity index (χ2n) is 9.99. The van der Waals surface area contributed by atoms with Gasteiger partial charge in [-0.25, -0.2) is 10.1 Å². The number of hydrogen-bond donors (Lipinski definition) is 1. The molecule has 6 rings (SSSR count). The third-order valence-corrected chi connectivity index (χ3v) is 6.85. The first-order valence-corrected chi connectivity index (χ1v) is 14.2. The molecule has 0 saturated carbocycles. The van der Waals surface area contributed by atoms with E-state index in [1.165, 1.54) is 0 Å². The van der Waals surface area contributed by atoms with Crippen molar-refractivity contribution < 1.29 is 14.3 Å². The maximum Gasteiger partial charge on any atom is 0.275 e. The van der Waals surface area contributed by atoms with Crippen LogP contribution >= 0.6 is 0 Å². The molecule has 0 aliphatic rings. The predicted molar refractivity (Wildman–Crippen MR) is 172 cm³/mol. The molecule has 1 amide bonds. The van der Waals surface area contributed by atoms with Crippen LogP contribution in [0.5, 0.6) is 11.5 Å². The van der Waals surface area contributed by atoms with Crippen LogP contribution in [0.15, 0.2) is 151 Å². The van der Waals surface area contributed by atoms with Crippen molar-refractivity contribution in [3.8, 4) is 28.4 Å². The van der Waals surface area contributed by atoms with Crippen molar-refractivity contribution in [1.29, 1.82) is 0 Å². The van der Waals surface area contributed by atoms with Crippen LogP contribution in [0, 0.1) is 0 Å². The van der Waals surface area contributed by atoms with Gasteiger partial charge in [-0.15, -0.1) is 0 Å². The minimum absolute atomic E-state index is 0.370. The molecule has 7 heteroatoms. The van der Waals surface area contributed by atoms with E-state index >= 15 is 0 Å². The van der Waals surface area contributed by atoms with Crippen LogP contribution in [0.4, 0.5) is 0 Å². The average Bonchev–Trinajstić information content (AvgIpc) is 3.55. The fourth-order valence-electron chi connectivity index (χ4n) is 4.60. The van der Waals surface area contributed by atoms with Gasteiger partial charge in [0.25, 0.3) is 5.91 Å². The summed E-state index contributed by atoms with van der Waals surface area (Å²) in [6, 6.07) is 44.8. The molecule has 7 nitrogen and oxygen atoms in total. The molecule has 6 aromatic rings. The SMILES string of the molecule is O=C(N/N=C/c1ccc(OCc2ccccc2)c(OCc2ccccc2)c1)c1cn(-c2ccccc2)nc1-c1ccccc1. The van der Waals surface area contributed by atoms with Crippen molar-refractivity contribution in [2.45, 2.75) is 13.2 Å². The second-order valence-corrected chi connectivity index (χ2v) is 9.99. The third kappa shape index (κ3) is 7.09. The van der Waals surface area contributed by atoms with Gasteiger partial charge in [0, 0.05) is 11.8 Å². The highest BCUT2D eigenvalue weighted by Gasteiger charge is 2.18. The van der Waals surface area contributed by atoms with E-state index in [-0.39, 0.29) is 5.91 Å². The van der Waals surface area contributed by atoms with E-state index in [4.69, 9.17) is 14.6 Å². The summed E-state index contributed by atoms with van der Waals surface area (Å²) in [5.74, 6) is 0.827. The Morgan fingerprint density at radius 1 is 0.705 bits per heavy atom. The number of amides is 1. The number of hydrogen-bond acceptors (Lipinski definition) is 5. The Labute approximate surface area is 256 Å². The summed E-state index contributed by atoms with van der Waals surface area (Å²) in [6.07, 6.45) is 3.30. The van der Waals surface area contributed by atoms with Gasteiger partial charge in [-0.2, -0.15) is 10.2 Å². The van der Waals surface area contributed by atoms with Crippen LogP contribution in [0.3, 0.4) is 0 Å². The van der Waals surface area contributed by atoms with Crippen LogP contribution in [-0.4, -0.2) is 21.9 Å². The van der Waals surface area contributed by atoms with E-state index in [1.54, 1.807) is 17.1 Å². The number of carbonyl (C=O) groups excluding carboxylic acids is 1. The molecule has 0 aliphatic carbocycles. The molecule has 0 aliphatic heterocycles. The number of aromatic nitrogens is 2. The van der Waals surface area contributed by atoms with Crippen molar-refractivity contribution in [3.05, 3.63) is 168 Å². The van der Waals surface area contributed by atoms with E-state index in [9.17, 15) is 4.79 Å². The lowest BCUT2D eigenvalue weighted by Gasteiger charge is -2.14. The first-order chi connectivity index (χ1) is 21.7. The molecule has 1 aromatic heterocycles. The van der Waals surface area contributed by atoms with Gasteiger partial charge in [0.1, 0.15) is 18.9 Å². The van der Waals surface area contributed by atoms with Crippen molar-refractivity contribution in [2.24, 2.45) is 5.10 Å². The molecular weight excluding hydrogens is 548 g/mol. The van der Waals surface area contributed by atoms with Crippen LogP contribution in [0.25, 0.3) is 16.9 Å². The third-order valence-electron chi connectivity index (χ3n) is 6.85. The number of carbonyl (C=O) groups is 1. The van der Waals surface area contributed by atoms with Crippen molar-refractivity contribution in [2.75, 3.05) is 0 Å².